The van der Waals surface area contributed by atoms with Crippen LogP contribution in [0.25, 0.3) is 0 Å². The van der Waals surface area contributed by atoms with Crippen molar-refractivity contribution in [3.8, 4) is 0 Å². The number of hydrogen-bond acceptors (Lipinski definition) is 3. The third kappa shape index (κ3) is 5.25. The van der Waals surface area contributed by atoms with Gasteiger partial charge in [0.2, 0.25) is 5.91 Å². The van der Waals surface area contributed by atoms with Crippen LogP contribution in [0.3, 0.4) is 0 Å². The van der Waals surface area contributed by atoms with Gasteiger partial charge in [0.15, 0.2) is 17.4 Å². The fourth-order valence-electron chi connectivity index (χ4n) is 2.63. The fraction of sp³-hybridized carbons (Fsp3) is 0.500. The third-order valence-corrected chi connectivity index (χ3v) is 3.99. The van der Waals surface area contributed by atoms with E-state index in [1.165, 1.54) is 6.07 Å². The Bertz CT molecular complexity index is 569. The Balaban J connectivity index is 0.00000264. The highest BCUT2D eigenvalue weighted by molar-refractivity contribution is 5.97. The number of amides is 1. The number of benzene rings is 1. The molecule has 0 bridgehead atoms. The Morgan fingerprint density at radius 2 is 2.00 bits per heavy atom. The quantitative estimate of drug-likeness (QED) is 0.834. The number of halogens is 3. The van der Waals surface area contributed by atoms with Gasteiger partial charge in [-0.25, -0.2) is 8.78 Å². The zero-order valence-electron chi connectivity index (χ0n) is 13.0. The monoisotopic (exact) mass is 346 g/mol. The first kappa shape index (κ1) is 19.5. The summed E-state index contributed by atoms with van der Waals surface area (Å²) in [6.45, 7) is 1.35. The van der Waals surface area contributed by atoms with Crippen LogP contribution in [-0.2, 0) is 4.79 Å². The lowest BCUT2D eigenvalue weighted by molar-refractivity contribution is -0.132. The summed E-state index contributed by atoms with van der Waals surface area (Å²) in [6.07, 6.45) is 2.07. The number of carbonyl (C=O) groups is 2. The number of nitrogens with one attached hydrogen (secondary N) is 1. The number of carbonyl (C=O) groups excluding carboxylic acids is 2. The second-order valence-corrected chi connectivity index (χ2v) is 5.52. The largest absolute Gasteiger partial charge is 0.341 e. The molecule has 7 heteroatoms. The molecule has 1 N–H and O–H groups in total. The first-order valence-electron chi connectivity index (χ1n) is 7.44. The Morgan fingerprint density at radius 1 is 1.26 bits per heavy atom. The lowest BCUT2D eigenvalue weighted by Crippen LogP contribution is -2.47. The number of Topliss-reactive ketones (excluding diaryl/α,β-unsaturated/α-hetero) is 1. The van der Waals surface area contributed by atoms with E-state index >= 15 is 0 Å². The summed E-state index contributed by atoms with van der Waals surface area (Å²) in [7, 11) is 1.87. The van der Waals surface area contributed by atoms with Crippen LogP contribution < -0.4 is 5.32 Å². The molecule has 1 aliphatic heterocycles. The molecule has 1 heterocycles. The van der Waals surface area contributed by atoms with Crippen molar-refractivity contribution < 1.29 is 18.4 Å². The van der Waals surface area contributed by atoms with E-state index in [0.29, 0.717) is 19.1 Å². The summed E-state index contributed by atoms with van der Waals surface area (Å²) in [6, 6.07) is 3.33. The van der Waals surface area contributed by atoms with Crippen LogP contribution in [-0.4, -0.2) is 42.8 Å². The van der Waals surface area contributed by atoms with Gasteiger partial charge >= 0.3 is 0 Å². The number of rotatable bonds is 5. The van der Waals surface area contributed by atoms with Gasteiger partial charge in [0.05, 0.1) is 0 Å². The van der Waals surface area contributed by atoms with Crippen LogP contribution in [0.2, 0.25) is 0 Å². The molecule has 1 aromatic rings. The summed E-state index contributed by atoms with van der Waals surface area (Å²) in [5, 5.41) is 3.15. The lowest BCUT2D eigenvalue weighted by atomic mass is 10.0. The highest BCUT2D eigenvalue weighted by atomic mass is 35.5. The molecule has 1 saturated heterocycles. The van der Waals surface area contributed by atoms with Gasteiger partial charge in [0.1, 0.15) is 0 Å². The van der Waals surface area contributed by atoms with Crippen molar-refractivity contribution >= 4 is 24.1 Å². The number of hydrogen-bond donors (Lipinski definition) is 1. The Morgan fingerprint density at radius 3 is 2.65 bits per heavy atom. The average Bonchev–Trinajstić information content (AvgIpc) is 2.54. The minimum Gasteiger partial charge on any atom is -0.341 e. The molecule has 0 aliphatic carbocycles. The Hall–Kier alpha value is -1.53. The van der Waals surface area contributed by atoms with E-state index in [-0.39, 0.29) is 42.5 Å². The van der Waals surface area contributed by atoms with Gasteiger partial charge in [-0.05, 0) is 38.1 Å². The zero-order valence-corrected chi connectivity index (χ0v) is 13.8. The molecular formula is C16H21ClF2N2O2. The molecule has 1 unspecified atom stereocenters. The molecule has 0 aromatic heterocycles. The molecule has 0 saturated carbocycles. The number of likely N-dealkylation sites (N-methyl/N-ethyl adjacent to an activating group) is 1. The first-order valence-corrected chi connectivity index (χ1v) is 7.44. The minimum atomic E-state index is -1.05. The fourth-order valence-corrected chi connectivity index (χ4v) is 2.63. The van der Waals surface area contributed by atoms with Crippen LogP contribution in [0.1, 0.15) is 36.0 Å². The number of likely N-dealkylation sites (tertiary alicyclic amines) is 1. The van der Waals surface area contributed by atoms with E-state index in [4.69, 9.17) is 0 Å². The summed E-state index contributed by atoms with van der Waals surface area (Å²) >= 11 is 0. The zero-order chi connectivity index (χ0) is 16.1. The van der Waals surface area contributed by atoms with Gasteiger partial charge in [-0.1, -0.05) is 0 Å². The number of ketones is 1. The van der Waals surface area contributed by atoms with E-state index in [1.54, 1.807) is 4.90 Å². The van der Waals surface area contributed by atoms with Gasteiger partial charge in [-0.15, -0.1) is 12.4 Å². The summed E-state index contributed by atoms with van der Waals surface area (Å²) in [4.78, 5) is 25.8. The molecule has 23 heavy (non-hydrogen) atoms. The highest BCUT2D eigenvalue weighted by Crippen LogP contribution is 2.14. The predicted molar refractivity (Wildman–Crippen MR) is 85.8 cm³/mol. The van der Waals surface area contributed by atoms with Crippen molar-refractivity contribution in [2.45, 2.75) is 31.7 Å². The predicted octanol–water partition coefficient (Wildman–Crippen LogP) is 2.56. The topological polar surface area (TPSA) is 49.4 Å². The standard InChI is InChI=1S/C16H20F2N2O2.ClH/c1-19-12-3-2-8-20(10-12)16(22)7-6-15(21)11-4-5-13(17)14(18)9-11;/h4-5,9,12,19H,2-3,6-8,10H2,1H3;1H. The molecule has 1 aliphatic rings. The molecule has 0 spiro atoms. The van der Waals surface area contributed by atoms with Gasteiger partial charge in [-0.2, -0.15) is 0 Å². The van der Waals surface area contributed by atoms with Gasteiger partial charge < -0.3 is 10.2 Å². The molecule has 128 valence electrons. The van der Waals surface area contributed by atoms with E-state index in [0.717, 1.165) is 25.0 Å². The number of nitrogens with zero attached hydrogens (tertiary/aromatic N) is 1. The van der Waals surface area contributed by atoms with Crippen molar-refractivity contribution in [1.29, 1.82) is 0 Å². The van der Waals surface area contributed by atoms with Crippen LogP contribution in [0.5, 0.6) is 0 Å². The summed E-state index contributed by atoms with van der Waals surface area (Å²) < 4.78 is 25.9. The molecule has 1 fully saturated rings. The SMILES string of the molecule is CNC1CCCN(C(=O)CCC(=O)c2ccc(F)c(F)c2)C1.Cl. The van der Waals surface area contributed by atoms with Crippen molar-refractivity contribution in [3.63, 3.8) is 0 Å². The second-order valence-electron chi connectivity index (χ2n) is 5.52. The average molecular weight is 347 g/mol. The molecule has 1 amide bonds. The van der Waals surface area contributed by atoms with E-state index < -0.39 is 11.6 Å². The van der Waals surface area contributed by atoms with Crippen LogP contribution >= 0.6 is 12.4 Å². The van der Waals surface area contributed by atoms with Crippen LogP contribution in [0.4, 0.5) is 8.78 Å². The molecular weight excluding hydrogens is 326 g/mol. The van der Waals surface area contributed by atoms with Gasteiger partial charge in [0, 0.05) is 37.5 Å². The maximum atomic E-state index is 13.1. The number of piperidine rings is 1. The molecule has 4 nitrogen and oxygen atoms in total. The highest BCUT2D eigenvalue weighted by Gasteiger charge is 2.23. The normalized spacial score (nSPS) is 17.5. The molecule has 1 atom stereocenters. The molecule has 0 radical (unpaired) electrons. The molecule has 2 rings (SSSR count). The van der Waals surface area contributed by atoms with E-state index in [9.17, 15) is 18.4 Å². The maximum Gasteiger partial charge on any atom is 0.223 e. The molecule has 1 aromatic carbocycles. The maximum absolute atomic E-state index is 13.1. The smallest absolute Gasteiger partial charge is 0.223 e. The van der Waals surface area contributed by atoms with E-state index in [2.05, 4.69) is 5.32 Å². The van der Waals surface area contributed by atoms with Crippen molar-refractivity contribution in [3.05, 3.63) is 35.4 Å². The van der Waals surface area contributed by atoms with Crippen LogP contribution in [0, 0.1) is 11.6 Å². The Labute approximate surface area is 140 Å². The van der Waals surface area contributed by atoms with E-state index in [1.807, 2.05) is 7.05 Å². The Kier molecular flexibility index (Phi) is 7.58. The minimum absolute atomic E-state index is 0. The lowest BCUT2D eigenvalue weighted by Gasteiger charge is -2.32. The second kappa shape index (κ2) is 8.93. The van der Waals surface area contributed by atoms with Gasteiger partial charge in [-0.3, -0.25) is 9.59 Å². The van der Waals surface area contributed by atoms with Crippen molar-refractivity contribution in [2.24, 2.45) is 0 Å². The summed E-state index contributed by atoms with van der Waals surface area (Å²) in [5.74, 6) is -2.46. The van der Waals surface area contributed by atoms with Crippen molar-refractivity contribution in [2.75, 3.05) is 20.1 Å². The first-order chi connectivity index (χ1) is 10.5. The van der Waals surface area contributed by atoms with Gasteiger partial charge in [0.25, 0.3) is 0 Å². The summed E-state index contributed by atoms with van der Waals surface area (Å²) in [5.41, 5.74) is 0.0958. The third-order valence-electron chi connectivity index (χ3n) is 3.99. The van der Waals surface area contributed by atoms with Crippen molar-refractivity contribution in [1.82, 2.24) is 10.2 Å². The van der Waals surface area contributed by atoms with Crippen LogP contribution in [0.15, 0.2) is 18.2 Å².